The van der Waals surface area contributed by atoms with Crippen LogP contribution < -0.4 is 11.1 Å². The number of amides is 1. The summed E-state index contributed by atoms with van der Waals surface area (Å²) in [5, 5.41) is 3.45. The lowest BCUT2D eigenvalue weighted by Crippen LogP contribution is -2.59. The molecule has 0 aliphatic heterocycles. The van der Waals surface area contributed by atoms with E-state index in [-0.39, 0.29) is 11.4 Å². The van der Waals surface area contributed by atoms with Gasteiger partial charge in [0.25, 0.3) is 5.91 Å². The van der Waals surface area contributed by atoms with Gasteiger partial charge in [0.1, 0.15) is 5.82 Å². The lowest BCUT2D eigenvalue weighted by molar-refractivity contribution is -0.0167. The fourth-order valence-electron chi connectivity index (χ4n) is 6.52. The van der Waals surface area contributed by atoms with Gasteiger partial charge in [0.15, 0.2) is 0 Å². The average Bonchev–Trinajstić information content (AvgIpc) is 3.10. The number of nitrogen functional groups attached to an aromatic ring is 1. The summed E-state index contributed by atoms with van der Waals surface area (Å²) in [6, 6.07) is 13.4. The highest BCUT2D eigenvalue weighted by atomic mass is 16.1. The maximum atomic E-state index is 13.0. The molecule has 148 valence electrons. The van der Waals surface area contributed by atoms with Gasteiger partial charge >= 0.3 is 0 Å². The van der Waals surface area contributed by atoms with E-state index < -0.39 is 0 Å². The molecular weight excluding hydrogens is 360 g/mol. The SMILES string of the molecule is Nc1ccc2nc(-c3ccc(C(=O)NC45CC6CC(CC(C6)C4)C5)cc3)[nH]c2c1. The zero-order valence-electron chi connectivity index (χ0n) is 16.4. The van der Waals surface area contributed by atoms with Crippen molar-refractivity contribution in [3.05, 3.63) is 48.0 Å². The number of carbonyl (C=O) groups is 1. The van der Waals surface area contributed by atoms with Crippen LogP contribution in [0.25, 0.3) is 22.4 Å². The minimum absolute atomic E-state index is 0.0448. The Hall–Kier alpha value is -2.82. The fourth-order valence-corrected chi connectivity index (χ4v) is 6.52. The zero-order chi connectivity index (χ0) is 19.6. The van der Waals surface area contributed by atoms with Crippen molar-refractivity contribution < 1.29 is 4.79 Å². The number of hydrogen-bond donors (Lipinski definition) is 3. The third-order valence-electron chi connectivity index (χ3n) is 7.34. The van der Waals surface area contributed by atoms with Crippen LogP contribution in [0.2, 0.25) is 0 Å². The molecule has 2 aromatic carbocycles. The molecule has 4 aliphatic rings. The van der Waals surface area contributed by atoms with Crippen molar-refractivity contribution in [1.29, 1.82) is 0 Å². The number of nitrogens with one attached hydrogen (secondary N) is 2. The quantitative estimate of drug-likeness (QED) is 0.579. The fraction of sp³-hybridized carbons (Fsp3) is 0.417. The molecule has 29 heavy (non-hydrogen) atoms. The third kappa shape index (κ3) is 2.91. The Labute approximate surface area is 170 Å². The predicted octanol–water partition coefficient (Wildman–Crippen LogP) is 4.51. The Bertz CT molecular complexity index is 1060. The number of imidazole rings is 1. The van der Waals surface area contributed by atoms with Crippen LogP contribution in [-0.2, 0) is 0 Å². The molecule has 0 atom stereocenters. The van der Waals surface area contributed by atoms with E-state index in [0.29, 0.717) is 5.69 Å². The predicted molar refractivity (Wildman–Crippen MR) is 114 cm³/mol. The Kier molecular flexibility index (Phi) is 3.58. The van der Waals surface area contributed by atoms with Gasteiger partial charge in [-0.05, 0) is 86.6 Å². The summed E-state index contributed by atoms with van der Waals surface area (Å²) in [6.07, 6.45) is 7.66. The van der Waals surface area contributed by atoms with Crippen LogP contribution >= 0.6 is 0 Å². The molecule has 0 radical (unpaired) electrons. The van der Waals surface area contributed by atoms with Crippen molar-refractivity contribution in [2.24, 2.45) is 17.8 Å². The number of aromatic nitrogens is 2. The summed E-state index contributed by atoms with van der Waals surface area (Å²) < 4.78 is 0. The number of rotatable bonds is 3. The van der Waals surface area contributed by atoms with E-state index in [0.717, 1.165) is 45.7 Å². The highest BCUT2D eigenvalue weighted by molar-refractivity contribution is 5.95. The van der Waals surface area contributed by atoms with E-state index in [1.807, 2.05) is 42.5 Å². The molecule has 3 aromatic rings. The second-order valence-electron chi connectivity index (χ2n) is 9.59. The molecule has 1 heterocycles. The topological polar surface area (TPSA) is 83.8 Å². The first-order valence-corrected chi connectivity index (χ1v) is 10.7. The van der Waals surface area contributed by atoms with Crippen LogP contribution in [0, 0.1) is 17.8 Å². The van der Waals surface area contributed by atoms with Gasteiger partial charge < -0.3 is 16.0 Å². The van der Waals surface area contributed by atoms with Gasteiger partial charge in [0.2, 0.25) is 0 Å². The first kappa shape index (κ1) is 17.1. The van der Waals surface area contributed by atoms with E-state index in [2.05, 4.69) is 15.3 Å². The molecule has 5 nitrogen and oxygen atoms in total. The van der Waals surface area contributed by atoms with Crippen molar-refractivity contribution in [2.45, 2.75) is 44.1 Å². The Balaban J connectivity index is 1.22. The normalized spacial score (nSPS) is 30.0. The smallest absolute Gasteiger partial charge is 0.251 e. The maximum absolute atomic E-state index is 13.0. The Morgan fingerprint density at radius 2 is 1.66 bits per heavy atom. The summed E-state index contributed by atoms with van der Waals surface area (Å²) in [5.74, 6) is 3.33. The lowest BCUT2D eigenvalue weighted by atomic mass is 9.53. The van der Waals surface area contributed by atoms with E-state index in [1.54, 1.807) is 0 Å². The van der Waals surface area contributed by atoms with Gasteiger partial charge in [0.05, 0.1) is 11.0 Å². The molecule has 4 fully saturated rings. The minimum atomic E-state index is 0.0448. The summed E-state index contributed by atoms with van der Waals surface area (Å²) in [6.45, 7) is 0. The van der Waals surface area contributed by atoms with Gasteiger partial charge in [-0.25, -0.2) is 4.98 Å². The van der Waals surface area contributed by atoms with Gasteiger partial charge in [-0.2, -0.15) is 0 Å². The van der Waals surface area contributed by atoms with Crippen LogP contribution in [0.1, 0.15) is 48.9 Å². The highest BCUT2D eigenvalue weighted by Gasteiger charge is 2.51. The van der Waals surface area contributed by atoms with Crippen LogP contribution in [0.4, 0.5) is 5.69 Å². The molecule has 0 saturated heterocycles. The van der Waals surface area contributed by atoms with Crippen molar-refractivity contribution in [3.8, 4) is 11.4 Å². The standard InChI is InChI=1S/C24H26N4O/c25-19-5-6-20-21(10-19)27-22(26-20)17-1-3-18(4-2-17)23(29)28-24-11-14-7-15(12-24)9-16(8-14)13-24/h1-6,10,14-16H,7-9,11-13,25H2,(H,26,27)(H,28,29). The molecule has 0 spiro atoms. The first-order chi connectivity index (χ1) is 14.1. The molecule has 1 aromatic heterocycles. The van der Waals surface area contributed by atoms with E-state index >= 15 is 0 Å². The number of H-pyrrole nitrogens is 1. The van der Waals surface area contributed by atoms with Crippen LogP contribution in [0.15, 0.2) is 42.5 Å². The van der Waals surface area contributed by atoms with Crippen molar-refractivity contribution in [3.63, 3.8) is 0 Å². The molecule has 0 unspecified atom stereocenters. The third-order valence-corrected chi connectivity index (χ3v) is 7.34. The largest absolute Gasteiger partial charge is 0.399 e. The van der Waals surface area contributed by atoms with Crippen molar-refractivity contribution in [2.75, 3.05) is 5.73 Å². The number of aromatic amines is 1. The number of benzene rings is 2. The Morgan fingerprint density at radius 1 is 1.00 bits per heavy atom. The number of nitrogens with zero attached hydrogens (tertiary/aromatic N) is 1. The molecular formula is C24H26N4O. The van der Waals surface area contributed by atoms with Crippen LogP contribution in [0.5, 0.6) is 0 Å². The van der Waals surface area contributed by atoms with E-state index in [9.17, 15) is 4.79 Å². The molecule has 7 rings (SSSR count). The van der Waals surface area contributed by atoms with Crippen molar-refractivity contribution >= 4 is 22.6 Å². The molecule has 1 amide bonds. The Morgan fingerprint density at radius 3 is 2.31 bits per heavy atom. The minimum Gasteiger partial charge on any atom is -0.399 e. The number of fused-ring (bicyclic) bond motifs is 1. The maximum Gasteiger partial charge on any atom is 0.251 e. The van der Waals surface area contributed by atoms with Gasteiger partial charge in [-0.3, -0.25) is 4.79 Å². The molecule has 4 bridgehead atoms. The zero-order valence-corrected chi connectivity index (χ0v) is 16.4. The second kappa shape index (κ2) is 6.09. The van der Waals surface area contributed by atoms with Crippen LogP contribution in [0.3, 0.4) is 0 Å². The van der Waals surface area contributed by atoms with E-state index in [1.165, 1.54) is 38.5 Å². The first-order valence-electron chi connectivity index (χ1n) is 10.7. The average molecular weight is 386 g/mol. The summed E-state index contributed by atoms with van der Waals surface area (Å²) >= 11 is 0. The van der Waals surface area contributed by atoms with Crippen LogP contribution in [-0.4, -0.2) is 21.4 Å². The van der Waals surface area contributed by atoms with Gasteiger partial charge in [-0.1, -0.05) is 12.1 Å². The summed E-state index contributed by atoms with van der Waals surface area (Å²) in [4.78, 5) is 21.0. The van der Waals surface area contributed by atoms with Crippen molar-refractivity contribution in [1.82, 2.24) is 15.3 Å². The number of anilines is 1. The highest BCUT2D eigenvalue weighted by Crippen LogP contribution is 2.55. The summed E-state index contributed by atoms with van der Waals surface area (Å²) in [5.41, 5.74) is 10.1. The van der Waals surface area contributed by atoms with Gasteiger partial charge in [0, 0.05) is 22.4 Å². The molecule has 4 saturated carbocycles. The lowest BCUT2D eigenvalue weighted by Gasteiger charge is -2.56. The molecule has 5 heteroatoms. The monoisotopic (exact) mass is 386 g/mol. The number of nitrogens with two attached hydrogens (primary N) is 1. The molecule has 4 aliphatic carbocycles. The summed E-state index contributed by atoms with van der Waals surface area (Å²) in [7, 11) is 0. The van der Waals surface area contributed by atoms with E-state index in [4.69, 9.17) is 5.73 Å². The number of carbonyl (C=O) groups excluding carboxylic acids is 1. The van der Waals surface area contributed by atoms with Gasteiger partial charge in [-0.15, -0.1) is 0 Å². The second-order valence-corrected chi connectivity index (χ2v) is 9.59. The molecule has 4 N–H and O–H groups in total. The number of hydrogen-bond acceptors (Lipinski definition) is 3.